The third-order valence-electron chi connectivity index (χ3n) is 5.67. The fourth-order valence-electron chi connectivity index (χ4n) is 4.04. The summed E-state index contributed by atoms with van der Waals surface area (Å²) in [6, 6.07) is 7.97. The van der Waals surface area contributed by atoms with Crippen LogP contribution in [0.15, 0.2) is 30.3 Å². The minimum atomic E-state index is -0.673. The number of carbonyl (C=O) groups excluding carboxylic acids is 3. The molecule has 6 heteroatoms. The number of benzene rings is 1. The minimum Gasteiger partial charge on any atom is -0.332 e. The number of amides is 2. The van der Waals surface area contributed by atoms with E-state index in [4.69, 9.17) is 5.73 Å². The number of likely N-dealkylation sites (N-methyl/N-ethyl adjacent to an activating group) is 1. The monoisotopic (exact) mass is 401 g/mol. The molecule has 1 aromatic rings. The van der Waals surface area contributed by atoms with Gasteiger partial charge in [-0.05, 0) is 30.7 Å². The molecule has 6 nitrogen and oxygen atoms in total. The number of Topliss-reactive ketones (excluding diaryl/α,β-unsaturated/α-hetero) is 1. The zero-order valence-corrected chi connectivity index (χ0v) is 18.1. The van der Waals surface area contributed by atoms with E-state index in [1.54, 1.807) is 11.9 Å². The van der Waals surface area contributed by atoms with Crippen LogP contribution in [0.1, 0.15) is 52.0 Å². The molecule has 0 saturated carbocycles. The molecular formula is C23H35N3O3. The zero-order chi connectivity index (χ0) is 21.6. The van der Waals surface area contributed by atoms with Gasteiger partial charge in [-0.15, -0.1) is 0 Å². The van der Waals surface area contributed by atoms with Crippen molar-refractivity contribution >= 4 is 17.6 Å². The van der Waals surface area contributed by atoms with E-state index in [2.05, 4.69) is 0 Å². The molecule has 0 aliphatic carbocycles. The number of nitrogens with two attached hydrogens (primary N) is 1. The van der Waals surface area contributed by atoms with Crippen LogP contribution in [0.3, 0.4) is 0 Å². The van der Waals surface area contributed by atoms with Crippen LogP contribution in [-0.2, 0) is 20.8 Å². The highest BCUT2D eigenvalue weighted by molar-refractivity contribution is 5.94. The number of hydrogen-bond donors (Lipinski definition) is 1. The molecule has 0 radical (unpaired) electrons. The van der Waals surface area contributed by atoms with Crippen LogP contribution >= 0.6 is 0 Å². The van der Waals surface area contributed by atoms with E-state index in [0.717, 1.165) is 12.0 Å². The van der Waals surface area contributed by atoms with Gasteiger partial charge in [0.05, 0.1) is 12.1 Å². The molecule has 3 atom stereocenters. The average Bonchev–Trinajstić information content (AvgIpc) is 3.20. The third kappa shape index (κ3) is 5.89. The summed E-state index contributed by atoms with van der Waals surface area (Å²) in [5.41, 5.74) is 7.10. The summed E-state index contributed by atoms with van der Waals surface area (Å²) in [5.74, 6) is -0.0214. The van der Waals surface area contributed by atoms with E-state index < -0.39 is 12.1 Å². The van der Waals surface area contributed by atoms with Gasteiger partial charge in [-0.25, -0.2) is 0 Å². The van der Waals surface area contributed by atoms with Gasteiger partial charge in [0.25, 0.3) is 0 Å². The summed E-state index contributed by atoms with van der Waals surface area (Å²) in [4.78, 5) is 42.0. The Morgan fingerprint density at radius 2 is 1.86 bits per heavy atom. The van der Waals surface area contributed by atoms with Crippen molar-refractivity contribution in [1.29, 1.82) is 0 Å². The number of nitrogens with zero attached hydrogens (tertiary/aromatic N) is 2. The lowest BCUT2D eigenvalue weighted by atomic mass is 9.99. The molecule has 1 aromatic carbocycles. The van der Waals surface area contributed by atoms with E-state index in [1.807, 2.05) is 51.1 Å². The molecule has 1 saturated heterocycles. The summed E-state index contributed by atoms with van der Waals surface area (Å²) in [6.45, 7) is 6.42. The van der Waals surface area contributed by atoms with Crippen molar-refractivity contribution in [2.45, 2.75) is 71.0 Å². The first-order valence-electron chi connectivity index (χ1n) is 10.7. The van der Waals surface area contributed by atoms with Crippen molar-refractivity contribution in [1.82, 2.24) is 9.80 Å². The molecule has 2 N–H and O–H groups in total. The quantitative estimate of drug-likeness (QED) is 0.689. The summed E-state index contributed by atoms with van der Waals surface area (Å²) in [5, 5.41) is 0. The topological polar surface area (TPSA) is 83.7 Å². The highest BCUT2D eigenvalue weighted by Gasteiger charge is 2.39. The maximum atomic E-state index is 13.5. The average molecular weight is 402 g/mol. The van der Waals surface area contributed by atoms with E-state index >= 15 is 0 Å². The standard InChI is InChI=1S/C23H35N3O3/c1-5-21(27)19-12-9-13-26(19)23(29)20(15-17-10-7-6-8-11-17)25(4)22(28)18(24)14-16(2)3/h6-8,10-11,16,18-20H,5,9,12-15,24H2,1-4H3/t18-,19+,20+/m1/s1. The smallest absolute Gasteiger partial charge is 0.246 e. The summed E-state index contributed by atoms with van der Waals surface area (Å²) in [7, 11) is 1.65. The number of carbonyl (C=O) groups is 3. The van der Waals surface area contributed by atoms with Crippen LogP contribution in [0.5, 0.6) is 0 Å². The molecule has 0 aromatic heterocycles. The Kier molecular flexibility index (Phi) is 8.38. The molecule has 1 aliphatic rings. The van der Waals surface area contributed by atoms with Gasteiger partial charge in [0.15, 0.2) is 5.78 Å². The van der Waals surface area contributed by atoms with Crippen molar-refractivity contribution in [3.05, 3.63) is 35.9 Å². The van der Waals surface area contributed by atoms with Crippen LogP contribution in [0, 0.1) is 5.92 Å². The highest BCUT2D eigenvalue weighted by atomic mass is 16.2. The lowest BCUT2D eigenvalue weighted by Gasteiger charge is -2.34. The summed E-state index contributed by atoms with van der Waals surface area (Å²) >= 11 is 0. The largest absolute Gasteiger partial charge is 0.332 e. The van der Waals surface area contributed by atoms with Gasteiger partial charge in [0.2, 0.25) is 11.8 Å². The zero-order valence-electron chi connectivity index (χ0n) is 18.1. The molecule has 1 fully saturated rings. The number of rotatable bonds is 9. The van der Waals surface area contributed by atoms with Crippen molar-refractivity contribution in [3.63, 3.8) is 0 Å². The molecule has 29 heavy (non-hydrogen) atoms. The third-order valence-corrected chi connectivity index (χ3v) is 5.67. The van der Waals surface area contributed by atoms with E-state index in [1.165, 1.54) is 4.90 Å². The fraction of sp³-hybridized carbons (Fsp3) is 0.609. The van der Waals surface area contributed by atoms with Gasteiger partial charge < -0.3 is 15.5 Å². The summed E-state index contributed by atoms with van der Waals surface area (Å²) in [6.07, 6.45) is 2.88. The Balaban J connectivity index is 2.27. The SMILES string of the molecule is CCC(=O)[C@@H]1CCCN1C(=O)[C@H](Cc1ccccc1)N(C)C(=O)[C@H](N)CC(C)C. The van der Waals surface area contributed by atoms with Gasteiger partial charge in [0, 0.05) is 26.4 Å². The Bertz CT molecular complexity index is 705. The second-order valence-corrected chi connectivity index (χ2v) is 8.40. The molecule has 2 amide bonds. The van der Waals surface area contributed by atoms with E-state index in [-0.39, 0.29) is 29.6 Å². The molecule has 2 rings (SSSR count). The first-order valence-corrected chi connectivity index (χ1v) is 10.7. The molecule has 0 unspecified atom stereocenters. The summed E-state index contributed by atoms with van der Waals surface area (Å²) < 4.78 is 0. The minimum absolute atomic E-state index is 0.0831. The van der Waals surface area contributed by atoms with Gasteiger partial charge >= 0.3 is 0 Å². The van der Waals surface area contributed by atoms with Gasteiger partial charge in [0.1, 0.15) is 6.04 Å². The van der Waals surface area contributed by atoms with Crippen molar-refractivity contribution < 1.29 is 14.4 Å². The van der Waals surface area contributed by atoms with Gasteiger partial charge in [-0.1, -0.05) is 51.1 Å². The molecular weight excluding hydrogens is 366 g/mol. The maximum Gasteiger partial charge on any atom is 0.246 e. The maximum absolute atomic E-state index is 13.5. The number of likely N-dealkylation sites (tertiary alicyclic amines) is 1. The second-order valence-electron chi connectivity index (χ2n) is 8.40. The van der Waals surface area contributed by atoms with Crippen LogP contribution < -0.4 is 5.73 Å². The molecule has 1 heterocycles. The predicted molar refractivity (Wildman–Crippen MR) is 114 cm³/mol. The Hall–Kier alpha value is -2.21. The molecule has 1 aliphatic heterocycles. The number of hydrogen-bond acceptors (Lipinski definition) is 4. The Morgan fingerprint density at radius 1 is 1.21 bits per heavy atom. The molecule has 0 bridgehead atoms. The Labute approximate surface area is 174 Å². The van der Waals surface area contributed by atoms with Crippen LogP contribution in [0.2, 0.25) is 0 Å². The van der Waals surface area contributed by atoms with E-state index in [9.17, 15) is 14.4 Å². The predicted octanol–water partition coefficient (Wildman–Crippen LogP) is 2.40. The van der Waals surface area contributed by atoms with Crippen LogP contribution in [0.25, 0.3) is 0 Å². The number of ketones is 1. The highest BCUT2D eigenvalue weighted by Crippen LogP contribution is 2.23. The molecule has 160 valence electrons. The first-order chi connectivity index (χ1) is 13.8. The molecule has 0 spiro atoms. The van der Waals surface area contributed by atoms with Crippen molar-refractivity contribution in [2.75, 3.05) is 13.6 Å². The second kappa shape index (κ2) is 10.5. The fourth-order valence-corrected chi connectivity index (χ4v) is 4.04. The van der Waals surface area contributed by atoms with Gasteiger partial charge in [-0.3, -0.25) is 14.4 Å². The van der Waals surface area contributed by atoms with Crippen LogP contribution in [-0.4, -0.2) is 59.1 Å². The van der Waals surface area contributed by atoms with Crippen molar-refractivity contribution in [2.24, 2.45) is 11.7 Å². The normalized spacial score (nSPS) is 18.6. The van der Waals surface area contributed by atoms with Crippen LogP contribution in [0.4, 0.5) is 0 Å². The lowest BCUT2D eigenvalue weighted by molar-refractivity contribution is -0.147. The van der Waals surface area contributed by atoms with Crippen molar-refractivity contribution in [3.8, 4) is 0 Å². The first kappa shape index (κ1) is 23.1. The lowest BCUT2D eigenvalue weighted by Crippen LogP contribution is -2.56. The van der Waals surface area contributed by atoms with E-state index in [0.29, 0.717) is 32.2 Å². The Morgan fingerprint density at radius 3 is 2.45 bits per heavy atom. The van der Waals surface area contributed by atoms with Gasteiger partial charge in [-0.2, -0.15) is 0 Å².